The number of amides is 1. The molecule has 0 aromatic carbocycles. The molecule has 0 spiro atoms. The first-order chi connectivity index (χ1) is 27.0. The standard InChI is InChI=1S/C49H91NO5/c1-4-7-10-13-16-19-22-24-25-26-28-31-34-37-40-45(55-49(54)42-39-36-33-30-21-18-15-12-9-6-3)43-48(53)50-46(44-51)47(52)41-38-35-32-29-27-23-20-17-14-11-8-5-2/h12,15,25-26,28,31,45-47,51-52H,4-11,13-14,16-24,27,29-30,32-44H2,1-3H3,(H,50,53)/b15-12-,26-25+,31-28+. The van der Waals surface area contributed by atoms with Gasteiger partial charge in [-0.2, -0.15) is 0 Å². The van der Waals surface area contributed by atoms with Crippen molar-refractivity contribution in [3.63, 3.8) is 0 Å². The Kier molecular flexibility index (Phi) is 41.7. The smallest absolute Gasteiger partial charge is 0.306 e. The Balaban J connectivity index is 4.66. The fourth-order valence-electron chi connectivity index (χ4n) is 7.08. The summed E-state index contributed by atoms with van der Waals surface area (Å²) in [6.45, 7) is 6.39. The van der Waals surface area contributed by atoms with E-state index in [0.717, 1.165) is 70.6 Å². The lowest BCUT2D eigenvalue weighted by Crippen LogP contribution is -2.46. The molecular weight excluding hydrogens is 683 g/mol. The largest absolute Gasteiger partial charge is 0.462 e. The molecule has 0 saturated carbocycles. The SMILES string of the molecule is CCC/C=C\CCCCCCCC(=O)OC(CCC/C=C/C=C/CCCCCCCCC)CC(=O)NC(CO)C(O)CCCCCCCCCCCCCC. The summed E-state index contributed by atoms with van der Waals surface area (Å²) in [7, 11) is 0. The maximum absolute atomic E-state index is 13.1. The number of aliphatic hydroxyl groups excluding tert-OH is 2. The third-order valence-electron chi connectivity index (χ3n) is 10.7. The summed E-state index contributed by atoms with van der Waals surface area (Å²) in [6.07, 6.45) is 49.2. The lowest BCUT2D eigenvalue weighted by atomic mass is 10.0. The highest BCUT2D eigenvalue weighted by Crippen LogP contribution is 2.17. The van der Waals surface area contributed by atoms with E-state index in [0.29, 0.717) is 19.3 Å². The molecule has 3 atom stereocenters. The van der Waals surface area contributed by atoms with Gasteiger partial charge in [-0.25, -0.2) is 0 Å². The van der Waals surface area contributed by atoms with Gasteiger partial charge in [-0.3, -0.25) is 9.59 Å². The van der Waals surface area contributed by atoms with E-state index in [1.54, 1.807) is 0 Å². The zero-order chi connectivity index (χ0) is 40.3. The zero-order valence-electron chi connectivity index (χ0n) is 36.6. The minimum absolute atomic E-state index is 0.0428. The van der Waals surface area contributed by atoms with E-state index in [1.807, 2.05) is 0 Å². The van der Waals surface area contributed by atoms with E-state index in [9.17, 15) is 19.8 Å². The predicted molar refractivity (Wildman–Crippen MR) is 236 cm³/mol. The molecule has 0 heterocycles. The Morgan fingerprint density at radius 2 is 0.982 bits per heavy atom. The van der Waals surface area contributed by atoms with Gasteiger partial charge in [0.05, 0.1) is 25.2 Å². The van der Waals surface area contributed by atoms with Crippen molar-refractivity contribution in [1.29, 1.82) is 0 Å². The normalized spacial score (nSPS) is 13.6. The van der Waals surface area contributed by atoms with Crippen molar-refractivity contribution in [1.82, 2.24) is 5.32 Å². The number of rotatable bonds is 42. The van der Waals surface area contributed by atoms with Crippen LogP contribution in [0.2, 0.25) is 0 Å². The lowest BCUT2D eigenvalue weighted by molar-refractivity contribution is -0.151. The number of hydrogen-bond acceptors (Lipinski definition) is 5. The van der Waals surface area contributed by atoms with Crippen LogP contribution in [0.3, 0.4) is 0 Å². The summed E-state index contributed by atoms with van der Waals surface area (Å²) in [4.78, 5) is 26.0. The second-order valence-corrected chi connectivity index (χ2v) is 16.2. The van der Waals surface area contributed by atoms with Gasteiger partial charge in [0.2, 0.25) is 5.91 Å². The van der Waals surface area contributed by atoms with Crippen LogP contribution >= 0.6 is 0 Å². The molecule has 0 bridgehead atoms. The number of ether oxygens (including phenoxy) is 1. The molecule has 1 amide bonds. The predicted octanol–water partition coefficient (Wildman–Crippen LogP) is 13.7. The average molecular weight is 774 g/mol. The number of aliphatic hydroxyl groups is 2. The van der Waals surface area contributed by atoms with E-state index in [-0.39, 0.29) is 24.9 Å². The quantitative estimate of drug-likeness (QED) is 0.0248. The van der Waals surface area contributed by atoms with Crippen LogP contribution < -0.4 is 5.32 Å². The monoisotopic (exact) mass is 774 g/mol. The van der Waals surface area contributed by atoms with Gasteiger partial charge in [-0.15, -0.1) is 0 Å². The van der Waals surface area contributed by atoms with E-state index < -0.39 is 18.2 Å². The van der Waals surface area contributed by atoms with Crippen molar-refractivity contribution < 1.29 is 24.5 Å². The molecule has 0 aromatic heterocycles. The van der Waals surface area contributed by atoms with E-state index in [1.165, 1.54) is 122 Å². The minimum Gasteiger partial charge on any atom is -0.462 e. The third kappa shape index (κ3) is 38.7. The van der Waals surface area contributed by atoms with Crippen LogP contribution in [0, 0.1) is 0 Å². The molecular formula is C49H91NO5. The number of nitrogens with one attached hydrogen (secondary N) is 1. The summed E-state index contributed by atoms with van der Waals surface area (Å²) in [5, 5.41) is 23.6. The van der Waals surface area contributed by atoms with Crippen LogP contribution in [0.4, 0.5) is 0 Å². The maximum atomic E-state index is 13.1. The molecule has 55 heavy (non-hydrogen) atoms. The summed E-state index contributed by atoms with van der Waals surface area (Å²) in [6, 6.07) is -0.713. The molecule has 322 valence electrons. The highest BCUT2D eigenvalue weighted by molar-refractivity contribution is 5.77. The summed E-state index contributed by atoms with van der Waals surface area (Å²) < 4.78 is 5.87. The van der Waals surface area contributed by atoms with Crippen LogP contribution in [0.1, 0.15) is 239 Å². The topological polar surface area (TPSA) is 95.9 Å². The Labute approximate surface area is 341 Å². The van der Waals surface area contributed by atoms with Gasteiger partial charge in [0.25, 0.3) is 0 Å². The number of esters is 1. The summed E-state index contributed by atoms with van der Waals surface area (Å²) in [5.41, 5.74) is 0. The van der Waals surface area contributed by atoms with Crippen molar-refractivity contribution >= 4 is 11.9 Å². The number of unbranched alkanes of at least 4 members (excludes halogenated alkanes) is 25. The van der Waals surface area contributed by atoms with Gasteiger partial charge < -0.3 is 20.3 Å². The molecule has 6 heteroatoms. The lowest BCUT2D eigenvalue weighted by Gasteiger charge is -2.24. The highest BCUT2D eigenvalue weighted by atomic mass is 16.5. The fourth-order valence-corrected chi connectivity index (χ4v) is 7.08. The van der Waals surface area contributed by atoms with Crippen LogP contribution in [0.25, 0.3) is 0 Å². The van der Waals surface area contributed by atoms with Gasteiger partial charge in [0.1, 0.15) is 6.10 Å². The second-order valence-electron chi connectivity index (χ2n) is 16.2. The molecule has 6 nitrogen and oxygen atoms in total. The number of hydrogen-bond donors (Lipinski definition) is 3. The zero-order valence-corrected chi connectivity index (χ0v) is 36.6. The highest BCUT2D eigenvalue weighted by Gasteiger charge is 2.24. The third-order valence-corrected chi connectivity index (χ3v) is 10.7. The van der Waals surface area contributed by atoms with Gasteiger partial charge in [0, 0.05) is 6.42 Å². The Morgan fingerprint density at radius 1 is 0.527 bits per heavy atom. The maximum Gasteiger partial charge on any atom is 0.306 e. The van der Waals surface area contributed by atoms with Crippen molar-refractivity contribution in [2.45, 2.75) is 257 Å². The molecule has 0 aromatic rings. The molecule has 0 rings (SSSR count). The first-order valence-corrected chi connectivity index (χ1v) is 23.7. The van der Waals surface area contributed by atoms with Crippen molar-refractivity contribution in [3.8, 4) is 0 Å². The first kappa shape index (κ1) is 53.1. The first-order valence-electron chi connectivity index (χ1n) is 23.7. The number of allylic oxidation sites excluding steroid dienone is 6. The second kappa shape index (κ2) is 43.2. The van der Waals surface area contributed by atoms with Crippen LogP contribution in [0.15, 0.2) is 36.5 Å². The van der Waals surface area contributed by atoms with Crippen molar-refractivity contribution in [2.75, 3.05) is 6.61 Å². The molecule has 3 unspecified atom stereocenters. The Bertz CT molecular complexity index is 915. The molecule has 0 fully saturated rings. The molecule has 3 N–H and O–H groups in total. The molecule has 0 aliphatic rings. The molecule has 0 saturated heterocycles. The Morgan fingerprint density at radius 3 is 1.51 bits per heavy atom. The van der Waals surface area contributed by atoms with Crippen LogP contribution in [-0.2, 0) is 14.3 Å². The van der Waals surface area contributed by atoms with Crippen molar-refractivity contribution in [3.05, 3.63) is 36.5 Å². The number of carbonyl (C=O) groups excluding carboxylic acids is 2. The number of carbonyl (C=O) groups is 2. The van der Waals surface area contributed by atoms with Crippen molar-refractivity contribution in [2.24, 2.45) is 0 Å². The Hall–Kier alpha value is -1.92. The summed E-state index contributed by atoms with van der Waals surface area (Å²) >= 11 is 0. The molecule has 0 aliphatic heterocycles. The van der Waals surface area contributed by atoms with E-state index >= 15 is 0 Å². The van der Waals surface area contributed by atoms with Gasteiger partial charge in [0.15, 0.2) is 0 Å². The van der Waals surface area contributed by atoms with Gasteiger partial charge in [-0.05, 0) is 64.2 Å². The van der Waals surface area contributed by atoms with Gasteiger partial charge in [-0.1, -0.05) is 198 Å². The average Bonchev–Trinajstić information content (AvgIpc) is 3.18. The van der Waals surface area contributed by atoms with E-state index in [2.05, 4.69) is 62.5 Å². The van der Waals surface area contributed by atoms with Crippen LogP contribution in [-0.4, -0.2) is 46.9 Å². The van der Waals surface area contributed by atoms with E-state index in [4.69, 9.17) is 4.74 Å². The fraction of sp³-hybridized carbons (Fsp3) is 0.837. The van der Waals surface area contributed by atoms with Gasteiger partial charge >= 0.3 is 5.97 Å². The summed E-state index contributed by atoms with van der Waals surface area (Å²) in [5.74, 6) is -0.530. The molecule has 0 aliphatic carbocycles. The minimum atomic E-state index is -0.797. The van der Waals surface area contributed by atoms with Crippen LogP contribution in [0.5, 0.6) is 0 Å². The molecule has 0 radical (unpaired) electrons.